The van der Waals surface area contributed by atoms with E-state index in [0.717, 1.165) is 12.5 Å². The number of anilines is 1. The van der Waals surface area contributed by atoms with E-state index in [1.807, 2.05) is 0 Å². The van der Waals surface area contributed by atoms with E-state index in [4.69, 9.17) is 5.11 Å². The van der Waals surface area contributed by atoms with Gasteiger partial charge in [0.15, 0.2) is 5.69 Å². The first-order valence-electron chi connectivity index (χ1n) is 4.18. The summed E-state index contributed by atoms with van der Waals surface area (Å²) < 4.78 is 0. The van der Waals surface area contributed by atoms with Crippen LogP contribution >= 0.6 is 11.3 Å². The van der Waals surface area contributed by atoms with Gasteiger partial charge in [0.1, 0.15) is 5.00 Å². The Morgan fingerprint density at radius 2 is 2.54 bits per heavy atom. The van der Waals surface area contributed by atoms with Gasteiger partial charge in [-0.2, -0.15) is 0 Å². The van der Waals surface area contributed by atoms with Crippen LogP contribution in [0.1, 0.15) is 23.3 Å². The van der Waals surface area contributed by atoms with E-state index in [-0.39, 0.29) is 5.69 Å². The minimum Gasteiger partial charge on any atom is -0.476 e. The smallest absolute Gasteiger partial charge is 0.357 e. The first-order valence-corrected chi connectivity index (χ1v) is 5.06. The monoisotopic (exact) mass is 198 g/mol. The second-order valence-electron chi connectivity index (χ2n) is 3.16. The molecule has 0 saturated heterocycles. The zero-order valence-electron chi connectivity index (χ0n) is 6.99. The van der Waals surface area contributed by atoms with Gasteiger partial charge in [-0.25, -0.2) is 9.78 Å². The summed E-state index contributed by atoms with van der Waals surface area (Å²) in [6, 6.07) is 0. The third-order valence-electron chi connectivity index (χ3n) is 2.02. The molecule has 1 aliphatic carbocycles. The third-order valence-corrected chi connectivity index (χ3v) is 2.80. The molecule has 13 heavy (non-hydrogen) atoms. The van der Waals surface area contributed by atoms with Crippen molar-refractivity contribution in [3.8, 4) is 0 Å². The second-order valence-corrected chi connectivity index (χ2v) is 4.01. The van der Waals surface area contributed by atoms with Crippen molar-refractivity contribution in [3.63, 3.8) is 0 Å². The molecule has 5 heteroatoms. The maximum atomic E-state index is 10.6. The summed E-state index contributed by atoms with van der Waals surface area (Å²) in [5.74, 6) is -0.219. The lowest BCUT2D eigenvalue weighted by molar-refractivity contribution is 0.0692. The maximum absolute atomic E-state index is 10.6. The summed E-state index contributed by atoms with van der Waals surface area (Å²) >= 11 is 1.34. The molecule has 1 aromatic heterocycles. The molecule has 1 fully saturated rings. The molecule has 0 aromatic carbocycles. The number of nitrogens with zero attached hydrogens (tertiary/aromatic N) is 1. The normalized spacial score (nSPS) is 15.7. The first kappa shape index (κ1) is 8.50. The first-order chi connectivity index (χ1) is 6.27. The van der Waals surface area contributed by atoms with Gasteiger partial charge in [0.2, 0.25) is 0 Å². The summed E-state index contributed by atoms with van der Waals surface area (Å²) in [5.41, 5.74) is 1.70. The zero-order valence-corrected chi connectivity index (χ0v) is 7.80. The SMILES string of the molecule is O=C(O)c1ncsc1NCC1CC1. The van der Waals surface area contributed by atoms with Crippen LogP contribution in [0.5, 0.6) is 0 Å². The van der Waals surface area contributed by atoms with E-state index < -0.39 is 5.97 Å². The number of hydrogen-bond acceptors (Lipinski definition) is 4. The van der Waals surface area contributed by atoms with Gasteiger partial charge in [0, 0.05) is 6.54 Å². The molecule has 2 rings (SSSR count). The van der Waals surface area contributed by atoms with Gasteiger partial charge >= 0.3 is 5.97 Å². The Bertz CT molecular complexity index is 320. The fourth-order valence-corrected chi connectivity index (χ4v) is 1.76. The highest BCUT2D eigenvalue weighted by molar-refractivity contribution is 7.14. The highest BCUT2D eigenvalue weighted by Crippen LogP contribution is 2.30. The number of carboxylic acid groups (broad SMARTS) is 1. The number of aromatic nitrogens is 1. The average molecular weight is 198 g/mol. The molecule has 1 aromatic rings. The molecule has 1 aliphatic rings. The van der Waals surface area contributed by atoms with E-state index >= 15 is 0 Å². The second kappa shape index (κ2) is 3.33. The molecular weight excluding hydrogens is 188 g/mol. The number of carboxylic acids is 1. The zero-order chi connectivity index (χ0) is 9.26. The van der Waals surface area contributed by atoms with E-state index in [9.17, 15) is 4.79 Å². The predicted octanol–water partition coefficient (Wildman–Crippen LogP) is 1.66. The maximum Gasteiger partial charge on any atom is 0.357 e. The number of rotatable bonds is 4. The number of thiazole rings is 1. The fraction of sp³-hybridized carbons (Fsp3) is 0.500. The van der Waals surface area contributed by atoms with Gasteiger partial charge in [-0.3, -0.25) is 0 Å². The van der Waals surface area contributed by atoms with Crippen LogP contribution < -0.4 is 5.32 Å². The Labute approximate surface area is 79.6 Å². The molecular formula is C8H10N2O2S. The molecule has 70 valence electrons. The minimum atomic E-state index is -0.959. The quantitative estimate of drug-likeness (QED) is 0.772. The molecule has 2 N–H and O–H groups in total. The molecule has 4 nitrogen and oxygen atoms in total. The van der Waals surface area contributed by atoms with Gasteiger partial charge in [0.05, 0.1) is 5.51 Å². The van der Waals surface area contributed by atoms with Crippen molar-refractivity contribution in [1.29, 1.82) is 0 Å². The molecule has 0 aliphatic heterocycles. The predicted molar refractivity (Wildman–Crippen MR) is 50.3 cm³/mol. The van der Waals surface area contributed by atoms with Crippen LogP contribution in [-0.2, 0) is 0 Å². The standard InChI is InChI=1S/C8H10N2O2S/c11-8(12)6-7(13-4-10-6)9-3-5-1-2-5/h4-5,9H,1-3H2,(H,11,12). The van der Waals surface area contributed by atoms with Gasteiger partial charge in [-0.1, -0.05) is 0 Å². The van der Waals surface area contributed by atoms with Crippen molar-refractivity contribution in [1.82, 2.24) is 4.98 Å². The van der Waals surface area contributed by atoms with E-state index in [2.05, 4.69) is 10.3 Å². The van der Waals surface area contributed by atoms with Crippen LogP contribution in [0, 0.1) is 5.92 Å². The number of hydrogen-bond donors (Lipinski definition) is 2. The molecule has 0 bridgehead atoms. The van der Waals surface area contributed by atoms with Crippen molar-refractivity contribution >= 4 is 22.3 Å². The van der Waals surface area contributed by atoms with Crippen LogP contribution in [0.4, 0.5) is 5.00 Å². The number of aromatic carboxylic acids is 1. The molecule has 0 unspecified atom stereocenters. The molecule has 1 saturated carbocycles. The summed E-state index contributed by atoms with van der Waals surface area (Å²) in [7, 11) is 0. The highest BCUT2D eigenvalue weighted by Gasteiger charge is 2.22. The summed E-state index contributed by atoms with van der Waals surface area (Å²) in [4.78, 5) is 14.4. The van der Waals surface area contributed by atoms with Gasteiger partial charge in [-0.15, -0.1) is 11.3 Å². The van der Waals surface area contributed by atoms with Crippen LogP contribution in [-0.4, -0.2) is 22.6 Å². The molecule has 0 atom stereocenters. The Balaban J connectivity index is 2.00. The molecule has 0 spiro atoms. The molecule has 0 radical (unpaired) electrons. The van der Waals surface area contributed by atoms with Crippen LogP contribution in [0.2, 0.25) is 0 Å². The van der Waals surface area contributed by atoms with Crippen LogP contribution in [0.3, 0.4) is 0 Å². The van der Waals surface area contributed by atoms with Gasteiger partial charge in [-0.05, 0) is 18.8 Å². The van der Waals surface area contributed by atoms with E-state index in [0.29, 0.717) is 5.00 Å². The lowest BCUT2D eigenvalue weighted by Crippen LogP contribution is -2.06. The lowest BCUT2D eigenvalue weighted by Gasteiger charge is -2.01. The lowest BCUT2D eigenvalue weighted by atomic mass is 10.4. The van der Waals surface area contributed by atoms with Crippen molar-refractivity contribution in [2.24, 2.45) is 5.92 Å². The largest absolute Gasteiger partial charge is 0.476 e. The summed E-state index contributed by atoms with van der Waals surface area (Å²) in [6.45, 7) is 0.877. The van der Waals surface area contributed by atoms with Gasteiger partial charge in [0.25, 0.3) is 0 Å². The average Bonchev–Trinajstić information content (AvgIpc) is 2.79. The van der Waals surface area contributed by atoms with Crippen molar-refractivity contribution < 1.29 is 9.90 Å². The van der Waals surface area contributed by atoms with Crippen LogP contribution in [0.25, 0.3) is 0 Å². The topological polar surface area (TPSA) is 62.2 Å². The summed E-state index contributed by atoms with van der Waals surface area (Å²) in [5, 5.41) is 12.5. The summed E-state index contributed by atoms with van der Waals surface area (Å²) in [6.07, 6.45) is 2.52. The fourth-order valence-electron chi connectivity index (χ4n) is 1.08. The highest BCUT2D eigenvalue weighted by atomic mass is 32.1. The van der Waals surface area contributed by atoms with Gasteiger partial charge < -0.3 is 10.4 Å². The number of nitrogens with one attached hydrogen (secondary N) is 1. The minimum absolute atomic E-state index is 0.144. The van der Waals surface area contributed by atoms with Crippen molar-refractivity contribution in [3.05, 3.63) is 11.2 Å². The number of carbonyl (C=O) groups is 1. The van der Waals surface area contributed by atoms with E-state index in [1.54, 1.807) is 5.51 Å². The third kappa shape index (κ3) is 1.98. The van der Waals surface area contributed by atoms with Crippen molar-refractivity contribution in [2.45, 2.75) is 12.8 Å². The van der Waals surface area contributed by atoms with Crippen molar-refractivity contribution in [2.75, 3.05) is 11.9 Å². The Kier molecular flexibility index (Phi) is 2.18. The molecule has 0 amide bonds. The molecule has 1 heterocycles. The van der Waals surface area contributed by atoms with E-state index in [1.165, 1.54) is 24.2 Å². The Morgan fingerprint density at radius 1 is 1.77 bits per heavy atom. The Hall–Kier alpha value is -1.10. The Morgan fingerprint density at radius 3 is 3.15 bits per heavy atom. The van der Waals surface area contributed by atoms with Crippen LogP contribution in [0.15, 0.2) is 5.51 Å².